The smallest absolute Gasteiger partial charge is 0.303 e. The molecule has 0 aliphatic carbocycles. The van der Waals surface area contributed by atoms with E-state index in [9.17, 15) is 14.0 Å². The molecule has 1 amide bonds. The Morgan fingerprint density at radius 1 is 1.10 bits per heavy atom. The number of benzene rings is 1. The van der Waals surface area contributed by atoms with Crippen LogP contribution in [0.1, 0.15) is 53.6 Å². The Balaban J connectivity index is 2.30. The number of hydrogen-bond acceptors (Lipinski definition) is 2. The van der Waals surface area contributed by atoms with Crippen molar-refractivity contribution in [2.75, 3.05) is 6.54 Å². The lowest BCUT2D eigenvalue weighted by molar-refractivity contribution is -0.137. The average Bonchev–Trinajstić information content (AvgIpc) is 2.42. The minimum absolute atomic E-state index is 0.195. The van der Waals surface area contributed by atoms with Crippen molar-refractivity contribution in [1.82, 2.24) is 5.32 Å². The van der Waals surface area contributed by atoms with Gasteiger partial charge < -0.3 is 10.4 Å². The number of nitrogens with one attached hydrogen (secondary N) is 1. The highest BCUT2D eigenvalue weighted by Crippen LogP contribution is 2.14. The maximum Gasteiger partial charge on any atom is 0.303 e. The van der Waals surface area contributed by atoms with Crippen LogP contribution in [0.2, 0.25) is 0 Å². The molecule has 0 spiro atoms. The first-order valence-corrected chi connectivity index (χ1v) is 7.18. The van der Waals surface area contributed by atoms with E-state index in [0.717, 1.165) is 19.3 Å². The summed E-state index contributed by atoms with van der Waals surface area (Å²) in [5, 5.41) is 11.3. The first-order chi connectivity index (χ1) is 9.91. The third-order valence-corrected chi connectivity index (χ3v) is 3.30. The van der Waals surface area contributed by atoms with E-state index in [0.29, 0.717) is 29.7 Å². The molecule has 0 atom stereocenters. The van der Waals surface area contributed by atoms with Crippen molar-refractivity contribution >= 4 is 11.9 Å². The van der Waals surface area contributed by atoms with E-state index in [1.165, 1.54) is 0 Å². The topological polar surface area (TPSA) is 66.4 Å². The lowest BCUT2D eigenvalue weighted by Gasteiger charge is -2.08. The normalized spacial score (nSPS) is 10.4. The van der Waals surface area contributed by atoms with Crippen LogP contribution in [0.5, 0.6) is 0 Å². The number of carbonyl (C=O) groups excluding carboxylic acids is 1. The number of aliphatic carboxylic acids is 1. The van der Waals surface area contributed by atoms with Crippen molar-refractivity contribution in [3.8, 4) is 0 Å². The van der Waals surface area contributed by atoms with E-state index < -0.39 is 5.97 Å². The molecule has 0 unspecified atom stereocenters. The minimum Gasteiger partial charge on any atom is -0.481 e. The van der Waals surface area contributed by atoms with Gasteiger partial charge in [0, 0.05) is 18.5 Å². The standard InChI is InChI=1S/C16H22FNO3/c1-11-9-13(10-12(2)15(11)17)16(21)18-8-6-4-3-5-7-14(19)20/h9-10H,3-8H2,1-2H3,(H,18,21)(H,19,20). The Hall–Kier alpha value is -1.91. The Kier molecular flexibility index (Phi) is 6.85. The van der Waals surface area contributed by atoms with Crippen molar-refractivity contribution in [1.29, 1.82) is 0 Å². The summed E-state index contributed by atoms with van der Waals surface area (Å²) in [6, 6.07) is 3.09. The van der Waals surface area contributed by atoms with Gasteiger partial charge in [0.15, 0.2) is 0 Å². The van der Waals surface area contributed by atoms with Crippen molar-refractivity contribution in [3.63, 3.8) is 0 Å². The Bertz CT molecular complexity index is 491. The molecule has 1 aromatic carbocycles. The van der Waals surface area contributed by atoms with E-state index in [-0.39, 0.29) is 18.1 Å². The second-order valence-corrected chi connectivity index (χ2v) is 5.24. The van der Waals surface area contributed by atoms with Crippen LogP contribution in [-0.4, -0.2) is 23.5 Å². The molecule has 0 saturated heterocycles. The molecule has 0 fully saturated rings. The molecule has 1 rings (SSSR count). The highest BCUT2D eigenvalue weighted by atomic mass is 19.1. The molecule has 5 heteroatoms. The zero-order valence-electron chi connectivity index (χ0n) is 12.5. The number of carboxylic acids is 1. The SMILES string of the molecule is Cc1cc(C(=O)NCCCCCCC(=O)O)cc(C)c1F. The number of amides is 1. The van der Waals surface area contributed by atoms with Crippen molar-refractivity contribution in [2.24, 2.45) is 0 Å². The molecule has 21 heavy (non-hydrogen) atoms. The second-order valence-electron chi connectivity index (χ2n) is 5.24. The lowest BCUT2D eigenvalue weighted by Crippen LogP contribution is -2.24. The van der Waals surface area contributed by atoms with Crippen LogP contribution in [0.15, 0.2) is 12.1 Å². The fourth-order valence-corrected chi connectivity index (χ4v) is 2.14. The number of carboxylic acid groups (broad SMARTS) is 1. The first-order valence-electron chi connectivity index (χ1n) is 7.18. The number of hydrogen-bond donors (Lipinski definition) is 2. The van der Waals surface area contributed by atoms with Crippen molar-refractivity contribution < 1.29 is 19.1 Å². The molecule has 0 aliphatic rings. The monoisotopic (exact) mass is 295 g/mol. The van der Waals surface area contributed by atoms with Gasteiger partial charge >= 0.3 is 5.97 Å². The van der Waals surface area contributed by atoms with Gasteiger partial charge in [-0.15, -0.1) is 0 Å². The van der Waals surface area contributed by atoms with Gasteiger partial charge in [-0.2, -0.15) is 0 Å². The fraction of sp³-hybridized carbons (Fsp3) is 0.500. The number of halogens is 1. The van der Waals surface area contributed by atoms with E-state index >= 15 is 0 Å². The van der Waals surface area contributed by atoms with Gasteiger partial charge in [-0.3, -0.25) is 9.59 Å². The van der Waals surface area contributed by atoms with Crippen LogP contribution in [0.3, 0.4) is 0 Å². The molecule has 0 radical (unpaired) electrons. The van der Waals surface area contributed by atoms with Gasteiger partial charge in [0.1, 0.15) is 5.82 Å². The molecular formula is C16H22FNO3. The third-order valence-electron chi connectivity index (χ3n) is 3.30. The van der Waals surface area contributed by atoms with Gasteiger partial charge in [-0.1, -0.05) is 12.8 Å². The Morgan fingerprint density at radius 3 is 2.24 bits per heavy atom. The predicted molar refractivity (Wildman–Crippen MR) is 78.9 cm³/mol. The molecule has 0 aromatic heterocycles. The van der Waals surface area contributed by atoms with Crippen molar-refractivity contribution in [3.05, 3.63) is 34.6 Å². The van der Waals surface area contributed by atoms with Gasteiger partial charge in [-0.25, -0.2) is 4.39 Å². The lowest BCUT2D eigenvalue weighted by atomic mass is 10.1. The number of unbranched alkanes of at least 4 members (excludes halogenated alkanes) is 3. The third kappa shape index (κ3) is 5.94. The van der Waals surface area contributed by atoms with Crippen LogP contribution < -0.4 is 5.32 Å². The maximum absolute atomic E-state index is 13.5. The minimum atomic E-state index is -0.773. The van der Waals surface area contributed by atoms with E-state index in [1.807, 2.05) is 0 Å². The van der Waals surface area contributed by atoms with E-state index in [4.69, 9.17) is 5.11 Å². The largest absolute Gasteiger partial charge is 0.481 e. The summed E-state index contributed by atoms with van der Waals surface area (Å²) in [5.41, 5.74) is 1.40. The summed E-state index contributed by atoms with van der Waals surface area (Å²) in [4.78, 5) is 22.3. The summed E-state index contributed by atoms with van der Waals surface area (Å²) in [7, 11) is 0. The highest BCUT2D eigenvalue weighted by Gasteiger charge is 2.10. The van der Waals surface area contributed by atoms with Crippen LogP contribution in [0.25, 0.3) is 0 Å². The number of rotatable bonds is 8. The number of aryl methyl sites for hydroxylation is 2. The Labute approximate surface area is 124 Å². The zero-order valence-corrected chi connectivity index (χ0v) is 12.5. The van der Waals surface area contributed by atoms with Crippen LogP contribution in [0, 0.1) is 19.7 Å². The number of carbonyl (C=O) groups is 2. The molecule has 0 heterocycles. The highest BCUT2D eigenvalue weighted by molar-refractivity contribution is 5.94. The quantitative estimate of drug-likeness (QED) is 0.724. The molecule has 0 aliphatic heterocycles. The van der Waals surface area contributed by atoms with Gasteiger partial charge in [0.2, 0.25) is 0 Å². The molecule has 0 bridgehead atoms. The summed E-state index contributed by atoms with van der Waals surface area (Å²) >= 11 is 0. The molecule has 116 valence electrons. The second kappa shape index (κ2) is 8.39. The molecular weight excluding hydrogens is 273 g/mol. The predicted octanol–water partition coefficient (Wildman–Crippen LogP) is 3.21. The first kappa shape index (κ1) is 17.1. The summed E-state index contributed by atoms with van der Waals surface area (Å²) < 4.78 is 13.5. The molecule has 4 nitrogen and oxygen atoms in total. The van der Waals surface area contributed by atoms with E-state index in [2.05, 4.69) is 5.32 Å². The van der Waals surface area contributed by atoms with Crippen LogP contribution >= 0.6 is 0 Å². The fourth-order valence-electron chi connectivity index (χ4n) is 2.14. The van der Waals surface area contributed by atoms with Crippen LogP contribution in [0.4, 0.5) is 4.39 Å². The maximum atomic E-state index is 13.5. The van der Waals surface area contributed by atoms with Gasteiger partial charge in [-0.05, 0) is 49.9 Å². The summed E-state index contributed by atoms with van der Waals surface area (Å²) in [5.74, 6) is -1.25. The summed E-state index contributed by atoms with van der Waals surface area (Å²) in [6.45, 7) is 3.82. The molecule has 2 N–H and O–H groups in total. The van der Waals surface area contributed by atoms with E-state index in [1.54, 1.807) is 26.0 Å². The molecule has 1 aromatic rings. The zero-order chi connectivity index (χ0) is 15.8. The molecule has 0 saturated carbocycles. The Morgan fingerprint density at radius 2 is 1.67 bits per heavy atom. The summed E-state index contributed by atoms with van der Waals surface area (Å²) in [6.07, 6.45) is 3.40. The average molecular weight is 295 g/mol. The van der Waals surface area contributed by atoms with Gasteiger partial charge in [0.05, 0.1) is 0 Å². The van der Waals surface area contributed by atoms with Crippen molar-refractivity contribution in [2.45, 2.75) is 46.0 Å². The van der Waals surface area contributed by atoms with Gasteiger partial charge in [0.25, 0.3) is 5.91 Å². The van der Waals surface area contributed by atoms with Crippen LogP contribution in [-0.2, 0) is 4.79 Å².